The molecule has 13 heteroatoms. The smallest absolute Gasteiger partial charge is 0.475 e. The molecule has 2 saturated heterocycles. The average molecular weight is 470 g/mol. The standard InChI is InChI=1S/C17H20N6OS.C2HF3O2/c18-9-14-3-1-4-15(20-14)22-7-8-24-12-17(10-22)5-2-6-23(11-17)16-21-19-13-25-16;3-2(4,5)1(6)7/h1,3-4,13H,2,5-8,10-12H2;(H,6,7). The maximum absolute atomic E-state index is 10.6. The molecule has 4 rings (SSSR count). The van der Waals surface area contributed by atoms with E-state index in [4.69, 9.17) is 19.9 Å². The fourth-order valence-electron chi connectivity index (χ4n) is 3.77. The summed E-state index contributed by atoms with van der Waals surface area (Å²) in [5.74, 6) is -1.90. The molecular weight excluding hydrogens is 449 g/mol. The van der Waals surface area contributed by atoms with E-state index in [-0.39, 0.29) is 5.41 Å². The Balaban J connectivity index is 0.000000360. The lowest BCUT2D eigenvalue weighted by atomic mass is 9.80. The van der Waals surface area contributed by atoms with Crippen LogP contribution in [0.5, 0.6) is 0 Å². The fraction of sp³-hybridized carbons (Fsp3) is 0.526. The first-order valence-electron chi connectivity index (χ1n) is 9.73. The number of carboxylic acid groups (broad SMARTS) is 1. The van der Waals surface area contributed by atoms with Crippen LogP contribution in [0, 0.1) is 16.7 Å². The largest absolute Gasteiger partial charge is 0.490 e. The lowest BCUT2D eigenvalue weighted by Crippen LogP contribution is -2.51. The highest BCUT2D eigenvalue weighted by Gasteiger charge is 2.40. The number of aromatic nitrogens is 3. The molecule has 172 valence electrons. The monoisotopic (exact) mass is 470 g/mol. The molecule has 2 fully saturated rings. The van der Waals surface area contributed by atoms with E-state index in [0.717, 1.165) is 56.6 Å². The van der Waals surface area contributed by atoms with Crippen LogP contribution in [-0.4, -0.2) is 71.8 Å². The summed E-state index contributed by atoms with van der Waals surface area (Å²) in [6, 6.07) is 7.74. The molecule has 0 aromatic carbocycles. The summed E-state index contributed by atoms with van der Waals surface area (Å²) in [5, 5.41) is 25.4. The van der Waals surface area contributed by atoms with E-state index in [9.17, 15) is 13.2 Å². The van der Waals surface area contributed by atoms with Crippen LogP contribution in [0.1, 0.15) is 18.5 Å². The van der Waals surface area contributed by atoms with E-state index in [2.05, 4.69) is 31.1 Å². The number of hydrogen-bond donors (Lipinski definition) is 1. The number of hydrogen-bond acceptors (Lipinski definition) is 9. The van der Waals surface area contributed by atoms with Crippen LogP contribution >= 0.6 is 11.3 Å². The van der Waals surface area contributed by atoms with Gasteiger partial charge in [-0.3, -0.25) is 0 Å². The summed E-state index contributed by atoms with van der Waals surface area (Å²) < 4.78 is 37.7. The summed E-state index contributed by atoms with van der Waals surface area (Å²) >= 11 is 1.58. The number of rotatable bonds is 2. The van der Waals surface area contributed by atoms with Gasteiger partial charge in [0.25, 0.3) is 0 Å². The van der Waals surface area contributed by atoms with Crippen molar-refractivity contribution in [2.24, 2.45) is 5.41 Å². The highest BCUT2D eigenvalue weighted by atomic mass is 32.1. The van der Waals surface area contributed by atoms with Gasteiger partial charge in [-0.05, 0) is 25.0 Å². The van der Waals surface area contributed by atoms with E-state index in [1.165, 1.54) is 0 Å². The zero-order valence-electron chi connectivity index (χ0n) is 17.0. The van der Waals surface area contributed by atoms with Gasteiger partial charge in [0.05, 0.1) is 13.2 Å². The van der Waals surface area contributed by atoms with Crippen molar-refractivity contribution in [3.8, 4) is 6.07 Å². The molecule has 2 aliphatic rings. The summed E-state index contributed by atoms with van der Waals surface area (Å²) in [6.45, 7) is 5.03. The number of anilines is 2. The second-order valence-electron chi connectivity index (χ2n) is 7.52. The van der Waals surface area contributed by atoms with Gasteiger partial charge in [0.2, 0.25) is 5.13 Å². The van der Waals surface area contributed by atoms with E-state index < -0.39 is 12.1 Å². The third-order valence-electron chi connectivity index (χ3n) is 5.14. The maximum atomic E-state index is 10.6. The van der Waals surface area contributed by atoms with Crippen LogP contribution in [0.2, 0.25) is 0 Å². The molecule has 9 nitrogen and oxygen atoms in total. The number of ether oxygens (including phenoxy) is 1. The number of carboxylic acids is 1. The number of aliphatic carboxylic acids is 1. The maximum Gasteiger partial charge on any atom is 0.490 e. The lowest BCUT2D eigenvalue weighted by molar-refractivity contribution is -0.192. The van der Waals surface area contributed by atoms with E-state index in [1.54, 1.807) is 22.9 Å². The summed E-state index contributed by atoms with van der Waals surface area (Å²) in [4.78, 5) is 18.0. The van der Waals surface area contributed by atoms with Gasteiger partial charge in [0, 0.05) is 31.6 Å². The van der Waals surface area contributed by atoms with Crippen LogP contribution in [0.25, 0.3) is 0 Å². The predicted octanol–water partition coefficient (Wildman–Crippen LogP) is 2.56. The third-order valence-corrected chi connectivity index (χ3v) is 5.89. The molecule has 2 aromatic rings. The predicted molar refractivity (Wildman–Crippen MR) is 109 cm³/mol. The van der Waals surface area contributed by atoms with Gasteiger partial charge in [-0.2, -0.15) is 18.4 Å². The molecule has 2 aliphatic heterocycles. The molecule has 1 spiro atoms. The minimum Gasteiger partial charge on any atom is -0.475 e. The Morgan fingerprint density at radius 1 is 1.28 bits per heavy atom. The van der Waals surface area contributed by atoms with Crippen molar-refractivity contribution < 1.29 is 27.8 Å². The van der Waals surface area contributed by atoms with E-state index in [0.29, 0.717) is 12.3 Å². The number of carbonyl (C=O) groups is 1. The number of nitriles is 1. The molecule has 1 N–H and O–H groups in total. The minimum atomic E-state index is -5.08. The van der Waals surface area contributed by atoms with Crippen molar-refractivity contribution >= 4 is 28.3 Å². The van der Waals surface area contributed by atoms with Gasteiger partial charge in [-0.25, -0.2) is 9.78 Å². The van der Waals surface area contributed by atoms with Crippen molar-refractivity contribution in [2.45, 2.75) is 19.0 Å². The zero-order valence-corrected chi connectivity index (χ0v) is 17.8. The number of nitrogens with zero attached hydrogens (tertiary/aromatic N) is 6. The van der Waals surface area contributed by atoms with Crippen LogP contribution < -0.4 is 9.80 Å². The van der Waals surface area contributed by atoms with Crippen LogP contribution in [0.15, 0.2) is 23.7 Å². The van der Waals surface area contributed by atoms with Crippen molar-refractivity contribution in [3.05, 3.63) is 29.4 Å². The Hall–Kier alpha value is -2.98. The Morgan fingerprint density at radius 3 is 2.69 bits per heavy atom. The first kappa shape index (κ1) is 23.7. The van der Waals surface area contributed by atoms with Gasteiger partial charge in [0.1, 0.15) is 23.1 Å². The SMILES string of the molecule is N#Cc1cccc(N2CCOCC3(CCCN(c4nncs4)C3)C2)n1.O=C(O)C(F)(F)F. The second-order valence-corrected chi connectivity index (χ2v) is 8.33. The zero-order chi connectivity index (χ0) is 23.2. The van der Waals surface area contributed by atoms with Crippen LogP contribution in [-0.2, 0) is 9.53 Å². The second kappa shape index (κ2) is 10.1. The summed E-state index contributed by atoms with van der Waals surface area (Å²) in [7, 11) is 0. The van der Waals surface area contributed by atoms with E-state index in [1.807, 2.05) is 12.1 Å². The minimum absolute atomic E-state index is 0.0464. The normalized spacial score (nSPS) is 21.3. The Labute approximate surface area is 186 Å². The number of piperidine rings is 1. The van der Waals surface area contributed by atoms with Gasteiger partial charge in [0.15, 0.2) is 0 Å². The van der Waals surface area contributed by atoms with Crippen molar-refractivity contribution in [1.82, 2.24) is 15.2 Å². The van der Waals surface area contributed by atoms with E-state index >= 15 is 0 Å². The molecule has 1 unspecified atom stereocenters. The quantitative estimate of drug-likeness (QED) is 0.707. The van der Waals surface area contributed by atoms with Gasteiger partial charge in [-0.1, -0.05) is 17.4 Å². The highest BCUT2D eigenvalue weighted by molar-refractivity contribution is 7.13. The van der Waals surface area contributed by atoms with Crippen LogP contribution in [0.3, 0.4) is 0 Å². The molecule has 0 radical (unpaired) electrons. The van der Waals surface area contributed by atoms with Crippen LogP contribution in [0.4, 0.5) is 24.1 Å². The molecule has 0 saturated carbocycles. The number of pyridine rings is 1. The molecule has 1 atom stereocenters. The molecule has 0 amide bonds. The summed E-state index contributed by atoms with van der Waals surface area (Å²) in [6.07, 6.45) is -2.85. The Kier molecular flexibility index (Phi) is 7.47. The van der Waals surface area contributed by atoms with Gasteiger partial charge < -0.3 is 19.6 Å². The number of alkyl halides is 3. The van der Waals surface area contributed by atoms with Crippen molar-refractivity contribution in [2.75, 3.05) is 49.2 Å². The fourth-order valence-corrected chi connectivity index (χ4v) is 4.36. The Morgan fingerprint density at radius 2 is 2.03 bits per heavy atom. The molecule has 32 heavy (non-hydrogen) atoms. The van der Waals surface area contributed by atoms with Crippen molar-refractivity contribution in [1.29, 1.82) is 5.26 Å². The van der Waals surface area contributed by atoms with Gasteiger partial charge >= 0.3 is 12.1 Å². The highest BCUT2D eigenvalue weighted by Crippen LogP contribution is 2.36. The third kappa shape index (κ3) is 6.04. The molecule has 0 bridgehead atoms. The Bertz CT molecular complexity index is 953. The summed E-state index contributed by atoms with van der Waals surface area (Å²) in [5.41, 5.74) is 2.28. The first-order valence-corrected chi connectivity index (χ1v) is 10.6. The van der Waals surface area contributed by atoms with Gasteiger partial charge in [-0.15, -0.1) is 10.2 Å². The molecule has 4 heterocycles. The van der Waals surface area contributed by atoms with Crippen molar-refractivity contribution in [3.63, 3.8) is 0 Å². The average Bonchev–Trinajstić information content (AvgIpc) is 3.24. The first-order chi connectivity index (χ1) is 15.2. The number of halogens is 3. The lowest BCUT2D eigenvalue weighted by Gasteiger charge is -2.43. The molecular formula is C19H21F3N6O3S. The molecule has 2 aromatic heterocycles. The molecule has 0 aliphatic carbocycles. The topological polar surface area (TPSA) is 115 Å².